The number of carbonyl (C=O) groups excluding carboxylic acids is 1. The molecular weight excluding hydrogens is 364 g/mol. The molecule has 0 spiro atoms. The first-order valence-electron chi connectivity index (χ1n) is 9.44. The monoisotopic (exact) mass is 394 g/mol. The summed E-state index contributed by atoms with van der Waals surface area (Å²) < 4.78 is 5.69. The van der Waals surface area contributed by atoms with Crippen molar-refractivity contribution in [3.05, 3.63) is 29.8 Å². The van der Waals surface area contributed by atoms with E-state index >= 15 is 0 Å². The van der Waals surface area contributed by atoms with Gasteiger partial charge in [0.25, 0.3) is 0 Å². The molecule has 0 radical (unpaired) electrons. The van der Waals surface area contributed by atoms with Crippen LogP contribution in [0.4, 0.5) is 0 Å². The van der Waals surface area contributed by atoms with Crippen molar-refractivity contribution in [2.45, 2.75) is 46.2 Å². The van der Waals surface area contributed by atoms with Crippen molar-refractivity contribution in [3.8, 4) is 5.75 Å². The summed E-state index contributed by atoms with van der Waals surface area (Å²) in [4.78, 5) is 32.7. The van der Waals surface area contributed by atoms with Crippen molar-refractivity contribution in [2.24, 2.45) is 5.92 Å². The zero-order chi connectivity index (χ0) is 21.1. The summed E-state index contributed by atoms with van der Waals surface area (Å²) in [7, 11) is 0. The number of ether oxygens (including phenoxy) is 1. The lowest BCUT2D eigenvalue weighted by Crippen LogP contribution is -2.42. The number of amides is 1. The van der Waals surface area contributed by atoms with Crippen LogP contribution in [0, 0.1) is 5.92 Å². The Balaban J connectivity index is 0.000000568. The Morgan fingerprint density at radius 3 is 2.21 bits per heavy atom. The summed E-state index contributed by atoms with van der Waals surface area (Å²) in [5.74, 6) is -2.29. The van der Waals surface area contributed by atoms with Gasteiger partial charge in [-0.1, -0.05) is 18.2 Å². The van der Waals surface area contributed by atoms with Crippen LogP contribution in [0.25, 0.3) is 0 Å². The summed E-state index contributed by atoms with van der Waals surface area (Å²) in [5, 5.41) is 17.8. The number of para-hydroxylation sites is 1. The molecule has 8 nitrogen and oxygen atoms in total. The van der Waals surface area contributed by atoms with Crippen LogP contribution in [0.15, 0.2) is 24.3 Å². The number of carbonyl (C=O) groups is 3. The van der Waals surface area contributed by atoms with Gasteiger partial charge in [0.2, 0.25) is 5.91 Å². The molecule has 1 saturated heterocycles. The van der Waals surface area contributed by atoms with Crippen molar-refractivity contribution in [1.29, 1.82) is 0 Å². The molecule has 28 heavy (non-hydrogen) atoms. The van der Waals surface area contributed by atoms with Gasteiger partial charge in [0.1, 0.15) is 5.75 Å². The minimum atomic E-state index is -1.82. The van der Waals surface area contributed by atoms with E-state index in [1.54, 1.807) is 0 Å². The maximum absolute atomic E-state index is 12.1. The van der Waals surface area contributed by atoms with E-state index in [1.165, 1.54) is 5.56 Å². The van der Waals surface area contributed by atoms with Crippen LogP contribution in [0.2, 0.25) is 0 Å². The summed E-state index contributed by atoms with van der Waals surface area (Å²) in [6, 6.07) is 8.45. The van der Waals surface area contributed by atoms with Crippen LogP contribution in [0.1, 0.15) is 39.2 Å². The number of hydrogen-bond acceptors (Lipinski definition) is 5. The van der Waals surface area contributed by atoms with E-state index in [4.69, 9.17) is 24.5 Å². The van der Waals surface area contributed by atoms with E-state index < -0.39 is 11.9 Å². The molecule has 3 N–H and O–H groups in total. The fourth-order valence-corrected chi connectivity index (χ4v) is 2.93. The van der Waals surface area contributed by atoms with Crippen LogP contribution in [-0.2, 0) is 20.9 Å². The van der Waals surface area contributed by atoms with E-state index in [-0.39, 0.29) is 17.9 Å². The lowest BCUT2D eigenvalue weighted by molar-refractivity contribution is -0.159. The van der Waals surface area contributed by atoms with Gasteiger partial charge in [-0.15, -0.1) is 0 Å². The topological polar surface area (TPSA) is 116 Å². The average Bonchev–Trinajstić information content (AvgIpc) is 2.64. The predicted octanol–water partition coefficient (Wildman–Crippen LogP) is 1.98. The Labute approximate surface area is 165 Å². The van der Waals surface area contributed by atoms with Gasteiger partial charge in [-0.25, -0.2) is 9.59 Å². The Hall–Kier alpha value is -2.61. The van der Waals surface area contributed by atoms with E-state index in [0.717, 1.165) is 38.2 Å². The van der Waals surface area contributed by atoms with E-state index in [0.29, 0.717) is 6.61 Å². The van der Waals surface area contributed by atoms with Crippen molar-refractivity contribution in [1.82, 2.24) is 10.2 Å². The van der Waals surface area contributed by atoms with Gasteiger partial charge in [0.05, 0.1) is 6.61 Å². The molecular formula is C20H30N2O6. The Bertz CT molecular complexity index is 642. The van der Waals surface area contributed by atoms with Gasteiger partial charge in [-0.2, -0.15) is 0 Å². The minimum Gasteiger partial charge on any atom is -0.494 e. The van der Waals surface area contributed by atoms with Crippen molar-refractivity contribution >= 4 is 17.8 Å². The van der Waals surface area contributed by atoms with E-state index in [1.807, 2.05) is 32.9 Å². The number of piperidine rings is 1. The molecule has 0 bridgehead atoms. The van der Waals surface area contributed by atoms with Crippen molar-refractivity contribution in [3.63, 3.8) is 0 Å². The predicted molar refractivity (Wildman–Crippen MR) is 104 cm³/mol. The normalized spacial score (nSPS) is 14.7. The summed E-state index contributed by atoms with van der Waals surface area (Å²) >= 11 is 0. The Morgan fingerprint density at radius 2 is 1.71 bits per heavy atom. The van der Waals surface area contributed by atoms with Crippen molar-refractivity contribution in [2.75, 3.05) is 19.7 Å². The number of nitrogens with one attached hydrogen (secondary N) is 1. The molecule has 1 aromatic carbocycles. The first kappa shape index (κ1) is 23.4. The molecule has 1 aliphatic rings. The molecule has 156 valence electrons. The molecule has 2 rings (SSSR count). The molecule has 1 aromatic rings. The van der Waals surface area contributed by atoms with Crippen molar-refractivity contribution < 1.29 is 29.3 Å². The number of rotatable bonds is 6. The standard InChI is InChI=1S/C18H28N2O2.C2H2O4/c1-4-22-17-8-6-5-7-16(17)13-20-11-9-15(10-12-20)18(21)19-14(2)3;3-1(4)2(5)6/h5-8,14-15H,4,9-13H2,1-3H3,(H,19,21);(H,3,4)(H,5,6). The molecule has 0 aliphatic carbocycles. The number of benzene rings is 1. The zero-order valence-corrected chi connectivity index (χ0v) is 16.7. The largest absolute Gasteiger partial charge is 0.494 e. The number of hydrogen-bond donors (Lipinski definition) is 3. The third-order valence-electron chi connectivity index (χ3n) is 4.24. The summed E-state index contributed by atoms with van der Waals surface area (Å²) in [5.41, 5.74) is 1.23. The molecule has 1 heterocycles. The first-order valence-corrected chi connectivity index (χ1v) is 9.44. The van der Waals surface area contributed by atoms with Crippen LogP contribution in [0.3, 0.4) is 0 Å². The maximum atomic E-state index is 12.1. The molecule has 0 unspecified atom stereocenters. The fourth-order valence-electron chi connectivity index (χ4n) is 2.93. The van der Waals surface area contributed by atoms with Crippen LogP contribution >= 0.6 is 0 Å². The number of nitrogens with zero attached hydrogens (tertiary/aromatic N) is 1. The lowest BCUT2D eigenvalue weighted by atomic mass is 9.95. The van der Waals surface area contributed by atoms with Crippen LogP contribution in [-0.4, -0.2) is 58.7 Å². The Kier molecular flexibility index (Phi) is 10.0. The summed E-state index contributed by atoms with van der Waals surface area (Å²) in [6.45, 7) is 9.56. The first-order chi connectivity index (χ1) is 13.2. The summed E-state index contributed by atoms with van der Waals surface area (Å²) in [6.07, 6.45) is 1.88. The smallest absolute Gasteiger partial charge is 0.414 e. The third-order valence-corrected chi connectivity index (χ3v) is 4.24. The highest BCUT2D eigenvalue weighted by Gasteiger charge is 2.25. The molecule has 1 amide bonds. The van der Waals surface area contributed by atoms with Crippen LogP contribution < -0.4 is 10.1 Å². The highest BCUT2D eigenvalue weighted by atomic mass is 16.5. The second-order valence-electron chi connectivity index (χ2n) is 6.86. The second-order valence-corrected chi connectivity index (χ2v) is 6.86. The SMILES string of the molecule is CCOc1ccccc1CN1CCC(C(=O)NC(C)C)CC1.O=C(O)C(=O)O. The second kappa shape index (κ2) is 12.0. The maximum Gasteiger partial charge on any atom is 0.414 e. The quantitative estimate of drug-likeness (QED) is 0.632. The highest BCUT2D eigenvalue weighted by Crippen LogP contribution is 2.23. The van der Waals surface area contributed by atoms with E-state index in [9.17, 15) is 4.79 Å². The number of carboxylic acid groups (broad SMARTS) is 2. The molecule has 0 saturated carbocycles. The van der Waals surface area contributed by atoms with Gasteiger partial charge in [0.15, 0.2) is 0 Å². The van der Waals surface area contributed by atoms with Gasteiger partial charge in [-0.05, 0) is 52.8 Å². The average molecular weight is 394 g/mol. The molecule has 1 fully saturated rings. The molecule has 0 atom stereocenters. The lowest BCUT2D eigenvalue weighted by Gasteiger charge is -2.32. The molecule has 1 aliphatic heterocycles. The zero-order valence-electron chi connectivity index (χ0n) is 16.7. The van der Waals surface area contributed by atoms with Gasteiger partial charge in [-0.3, -0.25) is 9.69 Å². The number of likely N-dealkylation sites (tertiary alicyclic amines) is 1. The minimum absolute atomic E-state index is 0.167. The molecule has 0 aromatic heterocycles. The van der Waals surface area contributed by atoms with Gasteiger partial charge < -0.3 is 20.3 Å². The number of carboxylic acids is 2. The van der Waals surface area contributed by atoms with Crippen LogP contribution in [0.5, 0.6) is 5.75 Å². The van der Waals surface area contributed by atoms with Gasteiger partial charge >= 0.3 is 11.9 Å². The molecule has 8 heteroatoms. The fraction of sp³-hybridized carbons (Fsp3) is 0.550. The third kappa shape index (κ3) is 8.39. The highest BCUT2D eigenvalue weighted by molar-refractivity contribution is 6.27. The van der Waals surface area contributed by atoms with Gasteiger partial charge in [0, 0.05) is 24.1 Å². The number of aliphatic carboxylic acids is 2. The Morgan fingerprint density at radius 1 is 1.14 bits per heavy atom. The van der Waals surface area contributed by atoms with E-state index in [2.05, 4.69) is 22.3 Å².